The molecule has 2 heterocycles. The van der Waals surface area contributed by atoms with Gasteiger partial charge in [0.05, 0.1) is 23.6 Å². The molecule has 100 valence electrons. The lowest BCUT2D eigenvalue weighted by Gasteiger charge is -2.22. The van der Waals surface area contributed by atoms with Crippen molar-refractivity contribution in [2.75, 3.05) is 11.5 Å². The van der Waals surface area contributed by atoms with Crippen molar-refractivity contribution in [2.45, 2.75) is 25.4 Å². The highest BCUT2D eigenvalue weighted by atomic mass is 32.2. The molecule has 0 spiro atoms. The smallest absolute Gasteiger partial charge is 0.338 e. The molecule has 2 rings (SSSR count). The highest BCUT2D eigenvalue weighted by Gasteiger charge is 2.23. The van der Waals surface area contributed by atoms with Gasteiger partial charge < -0.3 is 14.8 Å². The van der Waals surface area contributed by atoms with Crippen LogP contribution in [0.25, 0.3) is 0 Å². The summed E-state index contributed by atoms with van der Waals surface area (Å²) >= 11 is 0. The Balaban J connectivity index is 1.83. The third kappa shape index (κ3) is 3.33. The molecule has 0 saturated carbocycles. The first-order chi connectivity index (χ1) is 8.46. The van der Waals surface area contributed by atoms with Gasteiger partial charge in [-0.25, -0.2) is 13.2 Å². The van der Waals surface area contributed by atoms with E-state index in [0.29, 0.717) is 25.1 Å². The molecule has 0 aliphatic carbocycles. The minimum Gasteiger partial charge on any atom is -0.478 e. The van der Waals surface area contributed by atoms with E-state index in [1.807, 2.05) is 0 Å². The van der Waals surface area contributed by atoms with Gasteiger partial charge in [0.2, 0.25) is 0 Å². The first-order valence-corrected chi connectivity index (χ1v) is 7.53. The Labute approximate surface area is 105 Å². The number of sulfone groups is 1. The van der Waals surface area contributed by atoms with Crippen molar-refractivity contribution >= 4 is 15.8 Å². The maximum absolute atomic E-state index is 11.2. The van der Waals surface area contributed by atoms with Crippen molar-refractivity contribution < 1.29 is 22.7 Å². The van der Waals surface area contributed by atoms with Gasteiger partial charge in [-0.1, -0.05) is 0 Å². The standard InChI is InChI=1S/C11H15NO5S/c13-11(14)8-5-10(17-7-8)6-12-9-1-3-18(15,16)4-2-9/h5,7,9,12H,1-4,6H2,(H,13,14). The fourth-order valence-corrected chi connectivity index (χ4v) is 3.42. The Morgan fingerprint density at radius 3 is 2.67 bits per heavy atom. The van der Waals surface area contributed by atoms with Gasteiger partial charge in [-0.2, -0.15) is 0 Å². The average molecular weight is 273 g/mol. The minimum atomic E-state index is -2.85. The van der Waals surface area contributed by atoms with Crippen LogP contribution in [0.15, 0.2) is 16.7 Å². The van der Waals surface area contributed by atoms with Crippen molar-refractivity contribution in [1.82, 2.24) is 5.32 Å². The minimum absolute atomic E-state index is 0.123. The Kier molecular flexibility index (Phi) is 3.72. The van der Waals surface area contributed by atoms with Crippen LogP contribution in [0.2, 0.25) is 0 Å². The van der Waals surface area contributed by atoms with Gasteiger partial charge in [-0.3, -0.25) is 0 Å². The SMILES string of the molecule is O=C(O)c1coc(CNC2CCS(=O)(=O)CC2)c1. The van der Waals surface area contributed by atoms with Gasteiger partial charge in [0.1, 0.15) is 21.9 Å². The number of aromatic carboxylic acids is 1. The third-order valence-electron chi connectivity index (χ3n) is 3.02. The monoisotopic (exact) mass is 273 g/mol. The maximum Gasteiger partial charge on any atom is 0.338 e. The van der Waals surface area contributed by atoms with Crippen LogP contribution in [0.3, 0.4) is 0 Å². The van der Waals surface area contributed by atoms with E-state index in [2.05, 4.69) is 5.32 Å². The van der Waals surface area contributed by atoms with Gasteiger partial charge in [0.15, 0.2) is 0 Å². The number of nitrogens with one attached hydrogen (secondary N) is 1. The summed E-state index contributed by atoms with van der Waals surface area (Å²) in [6.45, 7) is 0.415. The summed E-state index contributed by atoms with van der Waals surface area (Å²) in [5.41, 5.74) is 0.123. The van der Waals surface area contributed by atoms with Crippen LogP contribution >= 0.6 is 0 Å². The molecular formula is C11H15NO5S. The lowest BCUT2D eigenvalue weighted by molar-refractivity contribution is 0.0696. The van der Waals surface area contributed by atoms with Crippen molar-refractivity contribution in [3.8, 4) is 0 Å². The van der Waals surface area contributed by atoms with Crippen molar-refractivity contribution in [2.24, 2.45) is 0 Å². The Morgan fingerprint density at radius 1 is 1.44 bits per heavy atom. The average Bonchev–Trinajstić information content (AvgIpc) is 2.76. The molecule has 7 heteroatoms. The van der Waals surface area contributed by atoms with E-state index in [-0.39, 0.29) is 23.1 Å². The van der Waals surface area contributed by atoms with Crippen LogP contribution in [-0.4, -0.2) is 37.0 Å². The Morgan fingerprint density at radius 2 is 2.11 bits per heavy atom. The normalized spacial score (nSPS) is 19.8. The molecule has 18 heavy (non-hydrogen) atoms. The second-order valence-electron chi connectivity index (χ2n) is 4.41. The third-order valence-corrected chi connectivity index (χ3v) is 4.74. The molecule has 0 aromatic carbocycles. The van der Waals surface area contributed by atoms with Gasteiger partial charge in [-0.15, -0.1) is 0 Å². The van der Waals surface area contributed by atoms with Crippen LogP contribution < -0.4 is 5.32 Å². The van der Waals surface area contributed by atoms with Crippen LogP contribution in [-0.2, 0) is 16.4 Å². The highest BCUT2D eigenvalue weighted by Crippen LogP contribution is 2.14. The molecule has 1 aliphatic rings. The zero-order valence-electron chi connectivity index (χ0n) is 9.76. The Bertz CT molecular complexity index is 519. The molecule has 0 radical (unpaired) electrons. The topological polar surface area (TPSA) is 96.6 Å². The zero-order chi connectivity index (χ0) is 13.2. The number of hydrogen-bond acceptors (Lipinski definition) is 5. The van der Waals surface area contributed by atoms with Crippen LogP contribution in [0.1, 0.15) is 29.0 Å². The number of carboxylic acids is 1. The summed E-state index contributed by atoms with van der Waals surface area (Å²) in [6, 6.07) is 1.61. The van der Waals surface area contributed by atoms with Crippen LogP contribution in [0, 0.1) is 0 Å². The van der Waals surface area contributed by atoms with Gasteiger partial charge in [-0.05, 0) is 18.9 Å². The summed E-state index contributed by atoms with van der Waals surface area (Å²) in [4.78, 5) is 10.6. The van der Waals surface area contributed by atoms with Crippen molar-refractivity contribution in [3.05, 3.63) is 23.7 Å². The van der Waals surface area contributed by atoms with Crippen LogP contribution in [0.4, 0.5) is 0 Å². The molecule has 0 unspecified atom stereocenters. The second kappa shape index (κ2) is 5.11. The van der Waals surface area contributed by atoms with Gasteiger partial charge in [0, 0.05) is 6.04 Å². The molecule has 1 fully saturated rings. The summed E-state index contributed by atoms with van der Waals surface area (Å²) in [6.07, 6.45) is 2.38. The van der Waals surface area contributed by atoms with E-state index in [9.17, 15) is 13.2 Å². The zero-order valence-corrected chi connectivity index (χ0v) is 10.6. The molecule has 6 nitrogen and oxygen atoms in total. The number of furan rings is 1. The lowest BCUT2D eigenvalue weighted by atomic mass is 10.1. The van der Waals surface area contributed by atoms with E-state index in [4.69, 9.17) is 9.52 Å². The Hall–Kier alpha value is -1.34. The molecule has 2 N–H and O–H groups in total. The van der Waals surface area contributed by atoms with Crippen molar-refractivity contribution in [3.63, 3.8) is 0 Å². The fraction of sp³-hybridized carbons (Fsp3) is 0.545. The first kappa shape index (κ1) is 13.1. The molecule has 0 amide bonds. The summed E-state index contributed by atoms with van der Waals surface area (Å²) in [5, 5.41) is 11.9. The largest absolute Gasteiger partial charge is 0.478 e. The number of hydrogen-bond donors (Lipinski definition) is 2. The van der Waals surface area contributed by atoms with Crippen LogP contribution in [0.5, 0.6) is 0 Å². The molecule has 0 bridgehead atoms. The molecule has 1 aromatic rings. The van der Waals surface area contributed by atoms with Gasteiger partial charge in [0.25, 0.3) is 0 Å². The first-order valence-electron chi connectivity index (χ1n) is 5.71. The van der Waals surface area contributed by atoms with E-state index in [1.54, 1.807) is 0 Å². The highest BCUT2D eigenvalue weighted by molar-refractivity contribution is 7.91. The lowest BCUT2D eigenvalue weighted by Crippen LogP contribution is -2.37. The van der Waals surface area contributed by atoms with E-state index in [0.717, 1.165) is 0 Å². The maximum atomic E-state index is 11.2. The molecule has 1 aromatic heterocycles. The summed E-state index contributed by atoms with van der Waals surface area (Å²) in [7, 11) is -2.85. The fourth-order valence-electron chi connectivity index (χ4n) is 1.92. The molecular weight excluding hydrogens is 258 g/mol. The second-order valence-corrected chi connectivity index (χ2v) is 6.72. The molecule has 0 atom stereocenters. The molecule has 1 saturated heterocycles. The summed E-state index contributed by atoms with van der Waals surface area (Å²) < 4.78 is 27.6. The van der Waals surface area contributed by atoms with E-state index >= 15 is 0 Å². The number of carbonyl (C=O) groups is 1. The predicted octanol–water partition coefficient (Wildman–Crippen LogP) is 0.645. The van der Waals surface area contributed by atoms with E-state index < -0.39 is 15.8 Å². The number of rotatable bonds is 4. The quantitative estimate of drug-likeness (QED) is 0.836. The summed E-state index contributed by atoms with van der Waals surface area (Å²) in [5.74, 6) is -0.0542. The van der Waals surface area contributed by atoms with E-state index in [1.165, 1.54) is 12.3 Å². The predicted molar refractivity (Wildman–Crippen MR) is 64.2 cm³/mol. The van der Waals surface area contributed by atoms with Gasteiger partial charge >= 0.3 is 5.97 Å². The number of carboxylic acid groups (broad SMARTS) is 1. The van der Waals surface area contributed by atoms with Crippen molar-refractivity contribution in [1.29, 1.82) is 0 Å². The molecule has 1 aliphatic heterocycles.